The van der Waals surface area contributed by atoms with Crippen molar-refractivity contribution in [3.63, 3.8) is 0 Å². The first-order valence-corrected chi connectivity index (χ1v) is 8.93. The summed E-state index contributed by atoms with van der Waals surface area (Å²) >= 11 is 0. The molecule has 1 saturated heterocycles. The van der Waals surface area contributed by atoms with Gasteiger partial charge in [-0.1, -0.05) is 30.3 Å². The zero-order valence-corrected chi connectivity index (χ0v) is 15.5. The van der Waals surface area contributed by atoms with Gasteiger partial charge in [-0.3, -0.25) is 9.67 Å². The topological polar surface area (TPSA) is 63.9 Å². The van der Waals surface area contributed by atoms with E-state index in [2.05, 4.69) is 32.4 Å². The number of hydrogen-bond donors (Lipinski definition) is 1. The SMILES string of the molecule is CN=C(NCCOCc1ccccc1)N1CCOC(c2cnn(C)c2)C1. The number of ether oxygens (including phenoxy) is 2. The standard InChI is InChI=1S/C19H27N5O2/c1-20-19(21-8-10-25-15-16-6-4-3-5-7-16)24-9-11-26-18(14-24)17-12-22-23(2)13-17/h3-7,12-13,18H,8-11,14-15H2,1-2H3,(H,20,21). The number of benzene rings is 1. The van der Waals surface area contributed by atoms with E-state index in [1.54, 1.807) is 4.68 Å². The molecule has 1 atom stereocenters. The van der Waals surface area contributed by atoms with Crippen LogP contribution in [0.25, 0.3) is 0 Å². The second-order valence-corrected chi connectivity index (χ2v) is 6.26. The number of morpholine rings is 1. The summed E-state index contributed by atoms with van der Waals surface area (Å²) < 4.78 is 13.4. The van der Waals surface area contributed by atoms with Crippen molar-refractivity contribution >= 4 is 5.96 Å². The van der Waals surface area contributed by atoms with Crippen molar-refractivity contribution in [2.75, 3.05) is 39.9 Å². The summed E-state index contributed by atoms with van der Waals surface area (Å²) in [5, 5.41) is 7.61. The van der Waals surface area contributed by atoms with Crippen LogP contribution in [0.5, 0.6) is 0 Å². The third-order valence-corrected chi connectivity index (χ3v) is 4.32. The second kappa shape index (κ2) is 9.35. The molecule has 140 valence electrons. The summed E-state index contributed by atoms with van der Waals surface area (Å²) in [7, 11) is 3.72. The van der Waals surface area contributed by atoms with Crippen LogP contribution in [0.2, 0.25) is 0 Å². The average Bonchev–Trinajstić information content (AvgIpc) is 3.12. The Morgan fingerprint density at radius 3 is 2.96 bits per heavy atom. The molecule has 1 fully saturated rings. The molecule has 0 saturated carbocycles. The van der Waals surface area contributed by atoms with E-state index in [1.165, 1.54) is 5.56 Å². The Morgan fingerprint density at radius 2 is 2.23 bits per heavy atom. The molecule has 7 heteroatoms. The molecule has 0 amide bonds. The molecule has 1 unspecified atom stereocenters. The van der Waals surface area contributed by atoms with Crippen LogP contribution >= 0.6 is 0 Å². The zero-order valence-electron chi connectivity index (χ0n) is 15.5. The van der Waals surface area contributed by atoms with Gasteiger partial charge in [-0.05, 0) is 5.56 Å². The molecule has 1 aromatic heterocycles. The van der Waals surface area contributed by atoms with Crippen LogP contribution in [0.1, 0.15) is 17.2 Å². The average molecular weight is 357 g/mol. The van der Waals surface area contributed by atoms with Gasteiger partial charge in [0, 0.05) is 38.9 Å². The number of aromatic nitrogens is 2. The molecule has 0 aliphatic carbocycles. The van der Waals surface area contributed by atoms with Crippen molar-refractivity contribution in [3.8, 4) is 0 Å². The Hall–Kier alpha value is -2.38. The van der Waals surface area contributed by atoms with Gasteiger partial charge in [-0.2, -0.15) is 5.10 Å². The molecule has 1 aliphatic rings. The Labute approximate surface area is 154 Å². The van der Waals surface area contributed by atoms with E-state index in [1.807, 2.05) is 44.7 Å². The van der Waals surface area contributed by atoms with E-state index < -0.39 is 0 Å². The number of aryl methyl sites for hydroxylation is 1. The van der Waals surface area contributed by atoms with Crippen LogP contribution in [-0.2, 0) is 23.1 Å². The number of nitrogens with zero attached hydrogens (tertiary/aromatic N) is 4. The first kappa shape index (κ1) is 18.4. The number of hydrogen-bond acceptors (Lipinski definition) is 4. The molecule has 1 aliphatic heterocycles. The fourth-order valence-electron chi connectivity index (χ4n) is 2.98. The zero-order chi connectivity index (χ0) is 18.2. The smallest absolute Gasteiger partial charge is 0.193 e. The molecular weight excluding hydrogens is 330 g/mol. The van der Waals surface area contributed by atoms with Crippen LogP contribution in [0, 0.1) is 0 Å². The highest BCUT2D eigenvalue weighted by Gasteiger charge is 2.24. The van der Waals surface area contributed by atoms with Crippen molar-refractivity contribution in [2.45, 2.75) is 12.7 Å². The molecular formula is C19H27N5O2. The van der Waals surface area contributed by atoms with E-state index in [4.69, 9.17) is 9.47 Å². The third kappa shape index (κ3) is 5.06. The van der Waals surface area contributed by atoms with Crippen molar-refractivity contribution in [3.05, 3.63) is 53.9 Å². The molecule has 0 bridgehead atoms. The lowest BCUT2D eigenvalue weighted by Gasteiger charge is -2.34. The van der Waals surface area contributed by atoms with Crippen molar-refractivity contribution < 1.29 is 9.47 Å². The summed E-state index contributed by atoms with van der Waals surface area (Å²) in [6.45, 7) is 4.22. The summed E-state index contributed by atoms with van der Waals surface area (Å²) in [6, 6.07) is 10.2. The Bertz CT molecular complexity index is 701. The fourth-order valence-corrected chi connectivity index (χ4v) is 2.98. The minimum atomic E-state index is 0.0188. The van der Waals surface area contributed by atoms with Gasteiger partial charge >= 0.3 is 0 Å². The van der Waals surface area contributed by atoms with E-state index in [9.17, 15) is 0 Å². The number of nitrogens with one attached hydrogen (secondary N) is 1. The molecule has 26 heavy (non-hydrogen) atoms. The van der Waals surface area contributed by atoms with Gasteiger partial charge in [0.15, 0.2) is 5.96 Å². The van der Waals surface area contributed by atoms with Gasteiger partial charge in [-0.25, -0.2) is 0 Å². The van der Waals surface area contributed by atoms with Crippen LogP contribution in [0.4, 0.5) is 0 Å². The van der Waals surface area contributed by atoms with Gasteiger partial charge in [0.2, 0.25) is 0 Å². The number of rotatable bonds is 6. The molecule has 1 aromatic carbocycles. The predicted molar refractivity (Wildman–Crippen MR) is 101 cm³/mol. The lowest BCUT2D eigenvalue weighted by molar-refractivity contribution is -0.00816. The number of guanidine groups is 1. The summed E-state index contributed by atoms with van der Waals surface area (Å²) in [4.78, 5) is 6.62. The Morgan fingerprint density at radius 1 is 1.38 bits per heavy atom. The van der Waals surface area contributed by atoms with E-state index in [-0.39, 0.29) is 6.10 Å². The summed E-state index contributed by atoms with van der Waals surface area (Å²) in [5.74, 6) is 0.880. The largest absolute Gasteiger partial charge is 0.375 e. The predicted octanol–water partition coefficient (Wildman–Crippen LogP) is 1.59. The van der Waals surface area contributed by atoms with Crippen molar-refractivity contribution in [1.82, 2.24) is 20.0 Å². The van der Waals surface area contributed by atoms with Gasteiger partial charge in [0.25, 0.3) is 0 Å². The normalized spacial score (nSPS) is 18.2. The van der Waals surface area contributed by atoms with Gasteiger partial charge in [0.1, 0.15) is 6.10 Å². The Kier molecular flexibility index (Phi) is 6.62. The minimum absolute atomic E-state index is 0.0188. The molecule has 3 rings (SSSR count). The maximum Gasteiger partial charge on any atom is 0.193 e. The molecule has 0 spiro atoms. The minimum Gasteiger partial charge on any atom is -0.375 e. The lowest BCUT2D eigenvalue weighted by atomic mass is 10.1. The molecule has 0 radical (unpaired) electrons. The molecule has 7 nitrogen and oxygen atoms in total. The first-order valence-electron chi connectivity index (χ1n) is 8.93. The lowest BCUT2D eigenvalue weighted by Crippen LogP contribution is -2.48. The monoisotopic (exact) mass is 357 g/mol. The summed E-state index contributed by atoms with van der Waals surface area (Å²) in [6.07, 6.45) is 3.88. The van der Waals surface area contributed by atoms with E-state index >= 15 is 0 Å². The van der Waals surface area contributed by atoms with Gasteiger partial charge in [-0.15, -0.1) is 0 Å². The van der Waals surface area contributed by atoms with Crippen LogP contribution in [0.15, 0.2) is 47.7 Å². The maximum atomic E-state index is 5.89. The quantitative estimate of drug-likeness (QED) is 0.483. The second-order valence-electron chi connectivity index (χ2n) is 6.26. The van der Waals surface area contributed by atoms with Crippen LogP contribution in [-0.4, -0.2) is 60.5 Å². The van der Waals surface area contributed by atoms with Crippen LogP contribution in [0.3, 0.4) is 0 Å². The fraction of sp³-hybridized carbons (Fsp3) is 0.474. The molecule has 2 heterocycles. The van der Waals surface area contributed by atoms with Crippen molar-refractivity contribution in [2.24, 2.45) is 12.0 Å². The first-order chi connectivity index (χ1) is 12.8. The number of aliphatic imine (C=N–C) groups is 1. The van der Waals surface area contributed by atoms with E-state index in [0.717, 1.165) is 24.6 Å². The maximum absolute atomic E-state index is 5.89. The molecule has 1 N–H and O–H groups in total. The summed E-state index contributed by atoms with van der Waals surface area (Å²) in [5.41, 5.74) is 2.28. The third-order valence-electron chi connectivity index (χ3n) is 4.32. The Balaban J connectivity index is 1.43. The molecule has 2 aromatic rings. The highest BCUT2D eigenvalue weighted by atomic mass is 16.5. The van der Waals surface area contributed by atoms with Crippen LogP contribution < -0.4 is 5.32 Å². The van der Waals surface area contributed by atoms with Crippen molar-refractivity contribution in [1.29, 1.82) is 0 Å². The van der Waals surface area contributed by atoms with Gasteiger partial charge < -0.3 is 19.7 Å². The van der Waals surface area contributed by atoms with E-state index in [0.29, 0.717) is 26.4 Å². The van der Waals surface area contributed by atoms with Gasteiger partial charge in [0.05, 0.1) is 32.6 Å². The highest BCUT2D eigenvalue weighted by Crippen LogP contribution is 2.21. The highest BCUT2D eigenvalue weighted by molar-refractivity contribution is 5.80.